The highest BCUT2D eigenvalue weighted by Gasteiger charge is 2.21. The minimum atomic E-state index is 0.706. The maximum atomic E-state index is 5.77. The first kappa shape index (κ1) is 11.2. The minimum absolute atomic E-state index is 0.706. The Morgan fingerprint density at radius 3 is 2.62 bits per heavy atom. The number of hydrogen-bond donors (Lipinski definition) is 1. The van der Waals surface area contributed by atoms with Gasteiger partial charge in [0.25, 0.3) is 0 Å². The third-order valence-corrected chi connectivity index (χ3v) is 3.29. The molecule has 1 aliphatic rings. The Morgan fingerprint density at radius 2 is 2.06 bits per heavy atom. The lowest BCUT2D eigenvalue weighted by atomic mass is 10.0. The topological polar surface area (TPSA) is 45.4 Å². The summed E-state index contributed by atoms with van der Waals surface area (Å²) in [6.45, 7) is 2.14. The van der Waals surface area contributed by atoms with Crippen LogP contribution in [0.1, 0.15) is 12.8 Å². The lowest BCUT2D eigenvalue weighted by Gasteiger charge is -2.35. The SMILES string of the molecule is CN(C)C1CCN(c2cc(N)ccn2)CC1. The monoisotopic (exact) mass is 220 g/mol. The molecule has 4 nitrogen and oxygen atoms in total. The van der Waals surface area contributed by atoms with E-state index >= 15 is 0 Å². The normalized spacial score (nSPS) is 18.1. The van der Waals surface area contributed by atoms with Crippen molar-refractivity contribution in [2.45, 2.75) is 18.9 Å². The highest BCUT2D eigenvalue weighted by molar-refractivity contribution is 5.50. The summed E-state index contributed by atoms with van der Waals surface area (Å²) in [7, 11) is 4.30. The van der Waals surface area contributed by atoms with E-state index in [0.29, 0.717) is 6.04 Å². The number of aromatic nitrogens is 1. The van der Waals surface area contributed by atoms with Crippen molar-refractivity contribution in [3.05, 3.63) is 18.3 Å². The number of anilines is 2. The van der Waals surface area contributed by atoms with E-state index in [9.17, 15) is 0 Å². The Bertz CT molecular complexity index is 343. The zero-order chi connectivity index (χ0) is 11.5. The maximum Gasteiger partial charge on any atom is 0.130 e. The molecule has 1 aliphatic heterocycles. The van der Waals surface area contributed by atoms with Crippen molar-refractivity contribution >= 4 is 11.5 Å². The number of nitrogens with zero attached hydrogens (tertiary/aromatic N) is 3. The van der Waals surface area contributed by atoms with Crippen LogP contribution in [0, 0.1) is 0 Å². The molecule has 0 unspecified atom stereocenters. The van der Waals surface area contributed by atoms with Crippen molar-refractivity contribution in [2.75, 3.05) is 37.8 Å². The molecule has 2 heterocycles. The van der Waals surface area contributed by atoms with Crippen LogP contribution < -0.4 is 10.6 Å². The molecule has 1 aromatic heterocycles. The molecule has 2 N–H and O–H groups in total. The van der Waals surface area contributed by atoms with E-state index < -0.39 is 0 Å². The number of rotatable bonds is 2. The van der Waals surface area contributed by atoms with Crippen molar-refractivity contribution in [3.8, 4) is 0 Å². The second-order valence-corrected chi connectivity index (χ2v) is 4.63. The van der Waals surface area contributed by atoms with Crippen molar-refractivity contribution in [2.24, 2.45) is 0 Å². The summed E-state index contributed by atoms with van der Waals surface area (Å²) < 4.78 is 0. The van der Waals surface area contributed by atoms with E-state index in [1.807, 2.05) is 12.1 Å². The van der Waals surface area contributed by atoms with E-state index in [-0.39, 0.29) is 0 Å². The molecule has 0 amide bonds. The first-order chi connectivity index (χ1) is 7.66. The Labute approximate surface area is 97.1 Å². The summed E-state index contributed by atoms with van der Waals surface area (Å²) in [6.07, 6.45) is 4.18. The zero-order valence-corrected chi connectivity index (χ0v) is 10.1. The van der Waals surface area contributed by atoms with Crippen molar-refractivity contribution in [3.63, 3.8) is 0 Å². The van der Waals surface area contributed by atoms with Crippen LogP contribution in [-0.2, 0) is 0 Å². The van der Waals surface area contributed by atoms with Crippen LogP contribution in [-0.4, -0.2) is 43.1 Å². The average Bonchev–Trinajstić information content (AvgIpc) is 2.29. The first-order valence-corrected chi connectivity index (χ1v) is 5.80. The number of pyridine rings is 1. The Kier molecular flexibility index (Phi) is 3.29. The van der Waals surface area contributed by atoms with Gasteiger partial charge in [-0.3, -0.25) is 0 Å². The molecule has 0 saturated carbocycles. The van der Waals surface area contributed by atoms with Crippen LogP contribution in [0.2, 0.25) is 0 Å². The van der Waals surface area contributed by atoms with Gasteiger partial charge in [0.1, 0.15) is 5.82 Å². The fraction of sp³-hybridized carbons (Fsp3) is 0.583. The van der Waals surface area contributed by atoms with Crippen LogP contribution in [0.25, 0.3) is 0 Å². The summed E-state index contributed by atoms with van der Waals surface area (Å²) in [5.41, 5.74) is 6.56. The molecule has 0 bridgehead atoms. The molecule has 0 aromatic carbocycles. The molecule has 0 atom stereocenters. The summed E-state index contributed by atoms with van der Waals surface area (Å²) in [5.74, 6) is 1.01. The summed E-state index contributed by atoms with van der Waals surface area (Å²) in [6, 6.07) is 4.49. The first-order valence-electron chi connectivity index (χ1n) is 5.80. The lowest BCUT2D eigenvalue weighted by Crippen LogP contribution is -2.42. The highest BCUT2D eigenvalue weighted by Crippen LogP contribution is 2.20. The van der Waals surface area contributed by atoms with Crippen molar-refractivity contribution in [1.29, 1.82) is 0 Å². The summed E-state index contributed by atoms with van der Waals surface area (Å²) >= 11 is 0. The van der Waals surface area contributed by atoms with Gasteiger partial charge >= 0.3 is 0 Å². The van der Waals surface area contributed by atoms with Gasteiger partial charge in [-0.15, -0.1) is 0 Å². The van der Waals surface area contributed by atoms with Gasteiger partial charge < -0.3 is 15.5 Å². The van der Waals surface area contributed by atoms with Gasteiger partial charge in [0.05, 0.1) is 0 Å². The predicted molar refractivity (Wildman–Crippen MR) is 67.6 cm³/mol. The van der Waals surface area contributed by atoms with Gasteiger partial charge in [-0.2, -0.15) is 0 Å². The lowest BCUT2D eigenvalue weighted by molar-refractivity contribution is 0.249. The molecule has 1 saturated heterocycles. The molecule has 0 spiro atoms. The van der Waals surface area contributed by atoms with E-state index in [1.54, 1.807) is 6.20 Å². The summed E-state index contributed by atoms with van der Waals surface area (Å²) in [4.78, 5) is 8.99. The Hall–Kier alpha value is -1.29. The van der Waals surface area contributed by atoms with Gasteiger partial charge in [0, 0.05) is 37.1 Å². The van der Waals surface area contributed by atoms with E-state index in [4.69, 9.17) is 5.73 Å². The Morgan fingerprint density at radius 1 is 1.38 bits per heavy atom. The molecular formula is C12H20N4. The standard InChI is InChI=1S/C12H20N4/c1-15(2)11-4-7-16(8-5-11)12-9-10(13)3-6-14-12/h3,6,9,11H,4-5,7-8H2,1-2H3,(H2,13,14). The van der Waals surface area contributed by atoms with Crippen molar-refractivity contribution < 1.29 is 0 Å². The van der Waals surface area contributed by atoms with Crippen LogP contribution in [0.15, 0.2) is 18.3 Å². The fourth-order valence-electron chi connectivity index (χ4n) is 2.22. The quantitative estimate of drug-likeness (QED) is 0.813. The largest absolute Gasteiger partial charge is 0.399 e. The third-order valence-electron chi connectivity index (χ3n) is 3.29. The van der Waals surface area contributed by atoms with E-state index in [2.05, 4.69) is 28.9 Å². The molecule has 16 heavy (non-hydrogen) atoms. The fourth-order valence-corrected chi connectivity index (χ4v) is 2.22. The number of piperidine rings is 1. The molecule has 2 rings (SSSR count). The van der Waals surface area contributed by atoms with E-state index in [1.165, 1.54) is 12.8 Å². The molecule has 1 fully saturated rings. The van der Waals surface area contributed by atoms with Crippen LogP contribution in [0.5, 0.6) is 0 Å². The highest BCUT2D eigenvalue weighted by atomic mass is 15.2. The predicted octanol–water partition coefficient (Wildman–Crippen LogP) is 1.19. The number of nitrogen functional groups attached to an aromatic ring is 1. The van der Waals surface area contributed by atoms with Crippen LogP contribution >= 0.6 is 0 Å². The average molecular weight is 220 g/mol. The number of hydrogen-bond acceptors (Lipinski definition) is 4. The molecule has 1 aromatic rings. The van der Waals surface area contributed by atoms with Crippen LogP contribution in [0.3, 0.4) is 0 Å². The molecule has 4 heteroatoms. The second kappa shape index (κ2) is 4.70. The zero-order valence-electron chi connectivity index (χ0n) is 10.1. The molecule has 0 aliphatic carbocycles. The van der Waals surface area contributed by atoms with Gasteiger partial charge in [-0.1, -0.05) is 0 Å². The molecular weight excluding hydrogens is 200 g/mol. The van der Waals surface area contributed by atoms with Gasteiger partial charge in [0.15, 0.2) is 0 Å². The third kappa shape index (κ3) is 2.44. The van der Waals surface area contributed by atoms with Gasteiger partial charge in [-0.05, 0) is 33.0 Å². The maximum absolute atomic E-state index is 5.77. The Balaban J connectivity index is 1.99. The van der Waals surface area contributed by atoms with E-state index in [0.717, 1.165) is 24.6 Å². The van der Waals surface area contributed by atoms with Gasteiger partial charge in [0.2, 0.25) is 0 Å². The smallest absolute Gasteiger partial charge is 0.130 e. The second-order valence-electron chi connectivity index (χ2n) is 4.63. The molecule has 0 radical (unpaired) electrons. The molecule has 88 valence electrons. The van der Waals surface area contributed by atoms with Crippen LogP contribution in [0.4, 0.5) is 11.5 Å². The summed E-state index contributed by atoms with van der Waals surface area (Å²) in [5, 5.41) is 0. The van der Waals surface area contributed by atoms with Crippen molar-refractivity contribution in [1.82, 2.24) is 9.88 Å². The van der Waals surface area contributed by atoms with Gasteiger partial charge in [-0.25, -0.2) is 4.98 Å². The minimum Gasteiger partial charge on any atom is -0.399 e. The number of nitrogens with two attached hydrogens (primary N) is 1.